The van der Waals surface area contributed by atoms with E-state index in [2.05, 4.69) is 168 Å². The quantitative estimate of drug-likeness (QED) is 0.208. The molecule has 0 amide bonds. The van der Waals surface area contributed by atoms with Crippen LogP contribution in [0.2, 0.25) is 0 Å². The van der Waals surface area contributed by atoms with Crippen molar-refractivity contribution in [1.82, 2.24) is 9.13 Å². The summed E-state index contributed by atoms with van der Waals surface area (Å²) in [6.45, 7) is 0. The van der Waals surface area contributed by atoms with Crippen LogP contribution in [0, 0.1) is 0 Å². The average Bonchev–Trinajstić information content (AvgIpc) is 3.54. The minimum atomic E-state index is 1.17. The third kappa shape index (κ3) is 3.67. The van der Waals surface area contributed by atoms with Gasteiger partial charge in [-0.05, 0) is 87.6 Å². The van der Waals surface area contributed by atoms with Gasteiger partial charge >= 0.3 is 0 Å². The van der Waals surface area contributed by atoms with Crippen molar-refractivity contribution in [3.63, 3.8) is 0 Å². The van der Waals surface area contributed by atoms with Crippen LogP contribution in [-0.2, 0) is 7.05 Å². The first-order valence-electron chi connectivity index (χ1n) is 14.8. The van der Waals surface area contributed by atoms with Crippen LogP contribution in [0.15, 0.2) is 152 Å². The summed E-state index contributed by atoms with van der Waals surface area (Å²) in [6, 6.07) is 55.4. The smallest absolute Gasteiger partial charge is 0.0547 e. The maximum Gasteiger partial charge on any atom is 0.0547 e. The van der Waals surface area contributed by atoms with Crippen molar-refractivity contribution in [2.24, 2.45) is 7.05 Å². The highest BCUT2D eigenvalue weighted by Crippen LogP contribution is 2.38. The normalized spacial score (nSPS) is 11.8. The molecule has 0 saturated heterocycles. The largest absolute Gasteiger partial charge is 0.344 e. The van der Waals surface area contributed by atoms with E-state index < -0.39 is 0 Å². The van der Waals surface area contributed by atoms with Gasteiger partial charge in [0.05, 0.1) is 11.0 Å². The number of benzene rings is 7. The zero-order valence-electron chi connectivity index (χ0n) is 23.8. The topological polar surface area (TPSA) is 9.86 Å². The van der Waals surface area contributed by atoms with Gasteiger partial charge < -0.3 is 9.13 Å². The lowest BCUT2D eigenvalue weighted by atomic mass is 10.00. The maximum absolute atomic E-state index is 2.42. The van der Waals surface area contributed by atoms with Gasteiger partial charge in [-0.25, -0.2) is 0 Å². The van der Waals surface area contributed by atoms with E-state index in [0.29, 0.717) is 0 Å². The molecule has 2 nitrogen and oxygen atoms in total. The van der Waals surface area contributed by atoms with Crippen molar-refractivity contribution in [1.29, 1.82) is 0 Å². The highest BCUT2D eigenvalue weighted by atomic mass is 15.0. The summed E-state index contributed by atoms with van der Waals surface area (Å²) in [5.74, 6) is 0. The minimum Gasteiger partial charge on any atom is -0.344 e. The van der Waals surface area contributed by atoms with Crippen molar-refractivity contribution < 1.29 is 0 Å². The van der Waals surface area contributed by atoms with Gasteiger partial charge in [-0.15, -0.1) is 0 Å². The summed E-state index contributed by atoms with van der Waals surface area (Å²) >= 11 is 0. The lowest BCUT2D eigenvalue weighted by molar-refractivity contribution is 1.01. The standard InChI is InChI=1S/C41H28N2/c1-42-38-14-8-7-13-34(38)35-24-31(17-21-39(35)42)32-18-22-40-36(25-32)37-23-29-11-5-6-12-30(29)26-41(37)43(40)33-19-15-28(16-20-33)27-9-3-2-4-10-27/h2-26H,1H3. The average molecular weight is 549 g/mol. The molecule has 0 bridgehead atoms. The monoisotopic (exact) mass is 548 g/mol. The third-order valence-electron chi connectivity index (χ3n) is 9.11. The van der Waals surface area contributed by atoms with Gasteiger partial charge in [0.25, 0.3) is 0 Å². The summed E-state index contributed by atoms with van der Waals surface area (Å²) in [5.41, 5.74) is 11.0. The van der Waals surface area contributed by atoms with Crippen LogP contribution in [0.3, 0.4) is 0 Å². The maximum atomic E-state index is 2.42. The molecule has 202 valence electrons. The zero-order valence-corrected chi connectivity index (χ0v) is 23.8. The van der Waals surface area contributed by atoms with Crippen LogP contribution >= 0.6 is 0 Å². The number of hydrogen-bond acceptors (Lipinski definition) is 0. The fraction of sp³-hybridized carbons (Fsp3) is 0.0244. The van der Waals surface area contributed by atoms with Crippen molar-refractivity contribution in [2.45, 2.75) is 0 Å². The molecule has 9 aromatic rings. The van der Waals surface area contributed by atoms with Gasteiger partial charge in [-0.1, -0.05) is 97.1 Å². The molecule has 0 N–H and O–H groups in total. The van der Waals surface area contributed by atoms with Crippen LogP contribution < -0.4 is 0 Å². The highest BCUT2D eigenvalue weighted by molar-refractivity contribution is 6.15. The van der Waals surface area contributed by atoms with Gasteiger partial charge in [0, 0.05) is 45.3 Å². The molecule has 0 aliphatic carbocycles. The SMILES string of the molecule is Cn1c2ccccc2c2cc(-c3ccc4c(c3)c3cc5ccccc5cc3n4-c3ccc(-c4ccccc4)cc3)ccc21. The van der Waals surface area contributed by atoms with Gasteiger partial charge in [-0.2, -0.15) is 0 Å². The van der Waals surface area contributed by atoms with Crippen molar-refractivity contribution >= 4 is 54.4 Å². The number of fused-ring (bicyclic) bond motifs is 7. The van der Waals surface area contributed by atoms with Crippen molar-refractivity contribution in [3.05, 3.63) is 152 Å². The Balaban J connectivity index is 1.27. The van der Waals surface area contributed by atoms with Crippen LogP contribution in [0.1, 0.15) is 0 Å². The van der Waals surface area contributed by atoms with Gasteiger partial charge in [0.2, 0.25) is 0 Å². The van der Waals surface area contributed by atoms with E-state index in [0.717, 1.165) is 0 Å². The molecule has 0 unspecified atom stereocenters. The Morgan fingerprint density at radius 3 is 1.65 bits per heavy atom. The van der Waals surface area contributed by atoms with E-state index >= 15 is 0 Å². The Morgan fingerprint density at radius 1 is 0.349 bits per heavy atom. The van der Waals surface area contributed by atoms with Crippen LogP contribution in [0.25, 0.3) is 82.3 Å². The molecule has 0 radical (unpaired) electrons. The first-order chi connectivity index (χ1) is 21.2. The van der Waals surface area contributed by atoms with Crippen molar-refractivity contribution in [2.75, 3.05) is 0 Å². The number of rotatable bonds is 3. The molecule has 0 spiro atoms. The number of aryl methyl sites for hydroxylation is 1. The Labute approximate surface area is 249 Å². The summed E-state index contributed by atoms with van der Waals surface area (Å²) in [6.07, 6.45) is 0. The molecule has 0 aliphatic heterocycles. The molecule has 0 atom stereocenters. The number of hydrogen-bond donors (Lipinski definition) is 0. The summed E-state index contributed by atoms with van der Waals surface area (Å²) in [5, 5.41) is 7.64. The lowest BCUT2D eigenvalue weighted by Gasteiger charge is -2.10. The molecule has 0 aliphatic rings. The Hall–Kier alpha value is -5.60. The lowest BCUT2D eigenvalue weighted by Crippen LogP contribution is -1.94. The van der Waals surface area contributed by atoms with E-state index in [-0.39, 0.29) is 0 Å². The Morgan fingerprint density at radius 2 is 0.884 bits per heavy atom. The van der Waals surface area contributed by atoms with E-state index in [4.69, 9.17) is 0 Å². The number of aromatic nitrogens is 2. The fourth-order valence-corrected chi connectivity index (χ4v) is 6.94. The summed E-state index contributed by atoms with van der Waals surface area (Å²) < 4.78 is 4.71. The fourth-order valence-electron chi connectivity index (χ4n) is 6.94. The van der Waals surface area contributed by atoms with Crippen LogP contribution in [0.5, 0.6) is 0 Å². The van der Waals surface area contributed by atoms with Gasteiger partial charge in [0.15, 0.2) is 0 Å². The van der Waals surface area contributed by atoms with Crippen molar-refractivity contribution in [3.8, 4) is 27.9 Å². The van der Waals surface area contributed by atoms with E-state index in [1.165, 1.54) is 82.3 Å². The molecule has 0 saturated carbocycles. The Bertz CT molecular complexity index is 2490. The zero-order chi connectivity index (χ0) is 28.5. The van der Waals surface area contributed by atoms with E-state index in [9.17, 15) is 0 Å². The first kappa shape index (κ1) is 24.0. The van der Waals surface area contributed by atoms with Gasteiger partial charge in [-0.3, -0.25) is 0 Å². The molecular weight excluding hydrogens is 520 g/mol. The van der Waals surface area contributed by atoms with Crippen LogP contribution in [0.4, 0.5) is 0 Å². The number of para-hydroxylation sites is 1. The Kier molecular flexibility index (Phi) is 5.15. The third-order valence-corrected chi connectivity index (χ3v) is 9.11. The summed E-state index contributed by atoms with van der Waals surface area (Å²) in [4.78, 5) is 0. The molecule has 2 heterocycles. The number of nitrogens with zero attached hydrogens (tertiary/aromatic N) is 2. The molecule has 9 rings (SSSR count). The molecule has 0 fully saturated rings. The predicted molar refractivity (Wildman–Crippen MR) is 183 cm³/mol. The van der Waals surface area contributed by atoms with Crippen LogP contribution in [-0.4, -0.2) is 9.13 Å². The molecule has 7 aromatic carbocycles. The first-order valence-corrected chi connectivity index (χ1v) is 14.8. The molecule has 2 aromatic heterocycles. The second-order valence-electron chi connectivity index (χ2n) is 11.5. The van der Waals surface area contributed by atoms with E-state index in [1.54, 1.807) is 0 Å². The van der Waals surface area contributed by atoms with E-state index in [1.807, 2.05) is 0 Å². The minimum absolute atomic E-state index is 1.17. The molecule has 2 heteroatoms. The highest BCUT2D eigenvalue weighted by Gasteiger charge is 2.16. The second-order valence-corrected chi connectivity index (χ2v) is 11.5. The van der Waals surface area contributed by atoms with Gasteiger partial charge in [0.1, 0.15) is 0 Å². The summed E-state index contributed by atoms with van der Waals surface area (Å²) in [7, 11) is 2.15. The predicted octanol–water partition coefficient (Wildman–Crippen LogP) is 10.9. The molecular formula is C41H28N2. The molecule has 43 heavy (non-hydrogen) atoms. The second kappa shape index (κ2) is 9.20.